The van der Waals surface area contributed by atoms with Crippen molar-refractivity contribution in [3.63, 3.8) is 0 Å². The number of aromatic nitrogens is 2. The van der Waals surface area contributed by atoms with Crippen LogP contribution < -0.4 is 14.9 Å². The highest BCUT2D eigenvalue weighted by atomic mass is 79.9. The van der Waals surface area contributed by atoms with Gasteiger partial charge in [-0.3, -0.25) is 4.79 Å². The number of hydrogen-bond donors (Lipinski definition) is 2. The molecule has 1 amide bonds. The third kappa shape index (κ3) is 5.62. The third-order valence-corrected chi connectivity index (χ3v) is 7.21. The van der Waals surface area contributed by atoms with E-state index >= 15 is 0 Å². The van der Waals surface area contributed by atoms with Gasteiger partial charge in [0.2, 0.25) is 5.95 Å². The molecule has 0 saturated carbocycles. The number of anilines is 1. The Morgan fingerprint density at radius 2 is 2.03 bits per heavy atom. The summed E-state index contributed by atoms with van der Waals surface area (Å²) in [5, 5.41) is 2.59. The highest BCUT2D eigenvalue weighted by molar-refractivity contribution is 9.10. The Morgan fingerprint density at radius 3 is 2.72 bits per heavy atom. The summed E-state index contributed by atoms with van der Waals surface area (Å²) in [6, 6.07) is 6.48. The molecule has 32 heavy (non-hydrogen) atoms. The molecule has 0 aliphatic carbocycles. The van der Waals surface area contributed by atoms with Crippen molar-refractivity contribution in [2.45, 2.75) is 43.7 Å². The van der Waals surface area contributed by atoms with Crippen LogP contribution in [0.3, 0.4) is 0 Å². The van der Waals surface area contributed by atoms with Crippen molar-refractivity contribution >= 4 is 37.7 Å². The number of nitrogens with one attached hydrogen (secondary N) is 2. The lowest BCUT2D eigenvalue weighted by molar-refractivity contribution is 0.0981. The van der Waals surface area contributed by atoms with E-state index in [9.17, 15) is 17.6 Å². The van der Waals surface area contributed by atoms with Gasteiger partial charge in [0.05, 0.1) is 5.56 Å². The fraction of sp³-hybridized carbons (Fsp3) is 0.476. The number of hydrogen-bond acceptors (Lipinski definition) is 7. The van der Waals surface area contributed by atoms with E-state index in [1.54, 1.807) is 6.07 Å². The molecule has 0 unspecified atom stereocenters. The zero-order valence-corrected chi connectivity index (χ0v) is 20.6. The summed E-state index contributed by atoms with van der Waals surface area (Å²) < 4.78 is 41.1. The number of nitrogens with zero attached hydrogens (tertiary/aromatic N) is 3. The SMILES string of the molecule is CNCCC[C@@H]1CN(c2nc(Br)ccc2C(=O)NS(=O)(=O)c2cccc(F)n2)C(C)(C)C1. The van der Waals surface area contributed by atoms with E-state index < -0.39 is 26.9 Å². The second kappa shape index (κ2) is 9.80. The smallest absolute Gasteiger partial charge is 0.281 e. The predicted molar refractivity (Wildman–Crippen MR) is 123 cm³/mol. The lowest BCUT2D eigenvalue weighted by Crippen LogP contribution is -2.41. The first-order valence-corrected chi connectivity index (χ1v) is 12.6. The van der Waals surface area contributed by atoms with E-state index in [-0.39, 0.29) is 11.1 Å². The first kappa shape index (κ1) is 24.5. The van der Waals surface area contributed by atoms with Crippen molar-refractivity contribution in [2.75, 3.05) is 25.0 Å². The maximum absolute atomic E-state index is 13.4. The molecule has 11 heteroatoms. The van der Waals surface area contributed by atoms with Crippen molar-refractivity contribution in [2.24, 2.45) is 5.92 Å². The Hall–Kier alpha value is -2.11. The van der Waals surface area contributed by atoms with Gasteiger partial charge in [0.15, 0.2) is 5.03 Å². The zero-order chi connectivity index (χ0) is 23.5. The number of amides is 1. The minimum atomic E-state index is -4.35. The van der Waals surface area contributed by atoms with Crippen molar-refractivity contribution < 1.29 is 17.6 Å². The Kier molecular flexibility index (Phi) is 7.51. The van der Waals surface area contributed by atoms with Gasteiger partial charge in [-0.1, -0.05) is 6.07 Å². The summed E-state index contributed by atoms with van der Waals surface area (Å²) in [7, 11) is -2.43. The van der Waals surface area contributed by atoms with Gasteiger partial charge in [-0.25, -0.2) is 14.7 Å². The number of rotatable bonds is 8. The number of carbonyl (C=O) groups is 1. The molecule has 8 nitrogen and oxygen atoms in total. The standard InChI is InChI=1S/C21H27BrFN5O3S/c1-21(2)12-14(6-5-11-24-3)13-28(21)19-15(9-10-16(22)25-19)20(29)27-32(30,31)18-8-4-7-17(23)26-18/h4,7-10,14,24H,5-6,11-13H2,1-3H3,(H,27,29)/t14-/m0/s1. The van der Waals surface area contributed by atoms with Gasteiger partial charge in [-0.15, -0.1) is 0 Å². The van der Waals surface area contributed by atoms with Crippen molar-refractivity contribution in [1.29, 1.82) is 0 Å². The molecule has 1 atom stereocenters. The van der Waals surface area contributed by atoms with Gasteiger partial charge in [0.1, 0.15) is 10.4 Å². The molecule has 2 N–H and O–H groups in total. The first-order chi connectivity index (χ1) is 15.0. The minimum Gasteiger partial charge on any atom is -0.351 e. The van der Waals surface area contributed by atoms with Crippen LogP contribution >= 0.6 is 15.9 Å². The maximum Gasteiger partial charge on any atom is 0.281 e. The summed E-state index contributed by atoms with van der Waals surface area (Å²) in [6.45, 7) is 5.82. The summed E-state index contributed by atoms with van der Waals surface area (Å²) in [6.07, 6.45) is 3.01. The molecular weight excluding hydrogens is 501 g/mol. The van der Waals surface area contributed by atoms with Crippen LogP contribution in [-0.2, 0) is 10.0 Å². The zero-order valence-electron chi connectivity index (χ0n) is 18.2. The summed E-state index contributed by atoms with van der Waals surface area (Å²) >= 11 is 3.35. The Labute approximate surface area is 196 Å². The Morgan fingerprint density at radius 1 is 1.28 bits per heavy atom. The van der Waals surface area contributed by atoms with Crippen LogP contribution in [0.15, 0.2) is 40.0 Å². The van der Waals surface area contributed by atoms with Crippen LogP contribution in [0.2, 0.25) is 0 Å². The van der Waals surface area contributed by atoms with E-state index in [0.717, 1.165) is 37.9 Å². The Bertz CT molecular complexity index is 1100. The molecule has 174 valence electrons. The fourth-order valence-corrected chi connectivity index (χ4v) is 5.32. The topological polar surface area (TPSA) is 104 Å². The van der Waals surface area contributed by atoms with Crippen LogP contribution in [0.4, 0.5) is 10.2 Å². The minimum absolute atomic E-state index is 0.122. The normalized spacial score (nSPS) is 18.0. The van der Waals surface area contributed by atoms with E-state index in [2.05, 4.69) is 50.0 Å². The molecule has 1 fully saturated rings. The van der Waals surface area contributed by atoms with Gasteiger partial charge < -0.3 is 10.2 Å². The molecule has 0 radical (unpaired) electrons. The molecule has 1 aliphatic rings. The maximum atomic E-state index is 13.4. The summed E-state index contributed by atoms with van der Waals surface area (Å²) in [5.74, 6) is -0.967. The molecule has 0 aromatic carbocycles. The molecule has 0 bridgehead atoms. The summed E-state index contributed by atoms with van der Waals surface area (Å²) in [5.41, 5.74) is -0.145. The predicted octanol–water partition coefficient (Wildman–Crippen LogP) is 3.10. The number of sulfonamides is 1. The third-order valence-electron chi connectivity index (χ3n) is 5.53. The van der Waals surface area contributed by atoms with E-state index in [0.29, 0.717) is 22.9 Å². The van der Waals surface area contributed by atoms with Gasteiger partial charge in [-0.05, 0) is 92.8 Å². The van der Waals surface area contributed by atoms with Crippen LogP contribution in [0.1, 0.15) is 43.5 Å². The van der Waals surface area contributed by atoms with Gasteiger partial charge in [-0.2, -0.15) is 12.8 Å². The monoisotopic (exact) mass is 527 g/mol. The molecule has 1 aliphatic heterocycles. The van der Waals surface area contributed by atoms with Gasteiger partial charge >= 0.3 is 0 Å². The molecule has 0 spiro atoms. The van der Waals surface area contributed by atoms with Crippen LogP contribution in [0, 0.1) is 11.9 Å². The van der Waals surface area contributed by atoms with Crippen molar-refractivity contribution in [3.8, 4) is 0 Å². The van der Waals surface area contributed by atoms with Gasteiger partial charge in [0, 0.05) is 12.1 Å². The highest BCUT2D eigenvalue weighted by Gasteiger charge is 2.40. The lowest BCUT2D eigenvalue weighted by Gasteiger charge is -2.33. The van der Waals surface area contributed by atoms with Gasteiger partial charge in [0.25, 0.3) is 15.9 Å². The Balaban J connectivity index is 1.88. The first-order valence-electron chi connectivity index (χ1n) is 10.3. The van der Waals surface area contributed by atoms with Crippen molar-refractivity contribution in [1.82, 2.24) is 20.0 Å². The van der Waals surface area contributed by atoms with Crippen LogP contribution in [0.5, 0.6) is 0 Å². The quantitative estimate of drug-likeness (QED) is 0.401. The molecule has 2 aromatic heterocycles. The number of carbonyl (C=O) groups excluding carboxylic acids is 1. The average molecular weight is 528 g/mol. The summed E-state index contributed by atoms with van der Waals surface area (Å²) in [4.78, 5) is 23.0. The number of pyridine rings is 2. The molecule has 3 rings (SSSR count). The average Bonchev–Trinajstić information content (AvgIpc) is 3.01. The second-order valence-electron chi connectivity index (χ2n) is 8.48. The van der Waals surface area contributed by atoms with Crippen molar-refractivity contribution in [3.05, 3.63) is 46.4 Å². The van der Waals surface area contributed by atoms with E-state index in [1.165, 1.54) is 12.1 Å². The van der Waals surface area contributed by atoms with Crippen LogP contribution in [0.25, 0.3) is 0 Å². The highest BCUT2D eigenvalue weighted by Crippen LogP contribution is 2.39. The molecule has 2 aromatic rings. The molecule has 3 heterocycles. The number of halogens is 2. The molecule has 1 saturated heterocycles. The largest absolute Gasteiger partial charge is 0.351 e. The molecular formula is C21H27BrFN5O3S. The van der Waals surface area contributed by atoms with Crippen LogP contribution in [-0.4, -0.2) is 50.0 Å². The lowest BCUT2D eigenvalue weighted by atomic mass is 9.93. The fourth-order valence-electron chi connectivity index (χ4n) is 4.10. The van der Waals surface area contributed by atoms with E-state index in [4.69, 9.17) is 0 Å². The second-order valence-corrected chi connectivity index (χ2v) is 10.9. The van der Waals surface area contributed by atoms with E-state index in [1.807, 2.05) is 11.8 Å².